The lowest BCUT2D eigenvalue weighted by Gasteiger charge is -2.13. The number of hydrogen-bond donors (Lipinski definition) is 0. The van der Waals surface area contributed by atoms with Gasteiger partial charge in [0.2, 0.25) is 0 Å². The Labute approximate surface area is 134 Å². The maximum absolute atomic E-state index is 3.47. The summed E-state index contributed by atoms with van der Waals surface area (Å²) in [6, 6.07) is 21.3. The Bertz CT molecular complexity index is 665. The van der Waals surface area contributed by atoms with E-state index in [2.05, 4.69) is 91.4 Å². The Morgan fingerprint density at radius 1 is 1.05 bits per heavy atom. The first-order valence-corrected chi connectivity index (χ1v) is 7.95. The first-order chi connectivity index (χ1) is 10.7. The number of hydrogen-bond acceptors (Lipinski definition) is 1. The fourth-order valence-electron chi connectivity index (χ4n) is 2.97. The van der Waals surface area contributed by atoms with Gasteiger partial charge in [-0.3, -0.25) is 4.90 Å². The van der Waals surface area contributed by atoms with Crippen molar-refractivity contribution in [1.29, 1.82) is 0 Å². The molecule has 3 rings (SSSR count). The van der Waals surface area contributed by atoms with Gasteiger partial charge in [0.25, 0.3) is 0 Å². The van der Waals surface area contributed by atoms with Crippen LogP contribution in [-0.2, 0) is 12.0 Å². The topological polar surface area (TPSA) is 3.24 Å². The van der Waals surface area contributed by atoms with Gasteiger partial charge in [-0.2, -0.15) is 0 Å². The van der Waals surface area contributed by atoms with Crippen LogP contribution in [0.4, 0.5) is 0 Å². The van der Waals surface area contributed by atoms with Gasteiger partial charge < -0.3 is 0 Å². The molecule has 1 fully saturated rings. The van der Waals surface area contributed by atoms with Crippen molar-refractivity contribution in [2.24, 2.45) is 5.92 Å². The van der Waals surface area contributed by atoms with E-state index in [9.17, 15) is 0 Å². The molecule has 0 amide bonds. The molecule has 1 aliphatic carbocycles. The van der Waals surface area contributed by atoms with Crippen LogP contribution in [0.5, 0.6) is 0 Å². The van der Waals surface area contributed by atoms with Crippen LogP contribution in [0, 0.1) is 17.8 Å². The third-order valence-electron chi connectivity index (χ3n) is 4.59. The van der Waals surface area contributed by atoms with Crippen LogP contribution >= 0.6 is 0 Å². The van der Waals surface area contributed by atoms with Gasteiger partial charge in [-0.1, -0.05) is 79.4 Å². The summed E-state index contributed by atoms with van der Waals surface area (Å²) in [4.78, 5) is 2.27. The predicted octanol–water partition coefficient (Wildman–Crippen LogP) is 4.10. The summed E-state index contributed by atoms with van der Waals surface area (Å²) in [6.45, 7) is 4.11. The van der Waals surface area contributed by atoms with Gasteiger partial charge in [0.1, 0.15) is 0 Å². The highest BCUT2D eigenvalue weighted by molar-refractivity contribution is 5.37. The highest BCUT2D eigenvalue weighted by Gasteiger charge is 2.50. The van der Waals surface area contributed by atoms with Crippen molar-refractivity contribution < 1.29 is 0 Å². The van der Waals surface area contributed by atoms with E-state index in [-0.39, 0.29) is 5.41 Å². The molecule has 1 aliphatic rings. The van der Waals surface area contributed by atoms with E-state index in [0.29, 0.717) is 5.92 Å². The third kappa shape index (κ3) is 3.40. The SMILES string of the molecule is CN(CC#C[C@@H]1C[C@@]1(C)c1ccccc1)Cc1ccccc1. The van der Waals surface area contributed by atoms with E-state index >= 15 is 0 Å². The zero-order valence-electron chi connectivity index (χ0n) is 13.4. The molecular weight excluding hydrogens is 266 g/mol. The van der Waals surface area contributed by atoms with Crippen molar-refractivity contribution in [3.05, 3.63) is 71.8 Å². The first-order valence-electron chi connectivity index (χ1n) is 7.95. The van der Waals surface area contributed by atoms with Crippen LogP contribution < -0.4 is 0 Å². The summed E-state index contributed by atoms with van der Waals surface area (Å²) in [5.41, 5.74) is 3.03. The first kappa shape index (κ1) is 14.9. The molecule has 2 aromatic rings. The van der Waals surface area contributed by atoms with Crippen molar-refractivity contribution >= 4 is 0 Å². The lowest BCUT2D eigenvalue weighted by molar-refractivity contribution is 0.369. The van der Waals surface area contributed by atoms with Crippen molar-refractivity contribution in [3.63, 3.8) is 0 Å². The molecule has 112 valence electrons. The minimum atomic E-state index is 0.270. The van der Waals surface area contributed by atoms with E-state index in [1.165, 1.54) is 17.5 Å². The monoisotopic (exact) mass is 289 g/mol. The fourth-order valence-corrected chi connectivity index (χ4v) is 2.97. The van der Waals surface area contributed by atoms with Gasteiger partial charge in [0.05, 0.1) is 6.54 Å². The minimum absolute atomic E-state index is 0.270. The van der Waals surface area contributed by atoms with Crippen LogP contribution in [0.25, 0.3) is 0 Å². The van der Waals surface area contributed by atoms with Crippen molar-refractivity contribution in [3.8, 4) is 11.8 Å². The molecule has 0 aromatic heterocycles. The Hall–Kier alpha value is -2.04. The number of nitrogens with zero attached hydrogens (tertiary/aromatic N) is 1. The van der Waals surface area contributed by atoms with E-state index in [1.54, 1.807) is 0 Å². The molecule has 2 aromatic carbocycles. The van der Waals surface area contributed by atoms with E-state index < -0.39 is 0 Å². The van der Waals surface area contributed by atoms with Gasteiger partial charge in [0.15, 0.2) is 0 Å². The molecule has 0 heterocycles. The summed E-state index contributed by atoms with van der Waals surface area (Å²) in [5.74, 6) is 7.35. The fraction of sp³-hybridized carbons (Fsp3) is 0.333. The lowest BCUT2D eigenvalue weighted by atomic mass is 9.96. The average Bonchev–Trinajstić information content (AvgIpc) is 3.21. The van der Waals surface area contributed by atoms with Crippen LogP contribution in [-0.4, -0.2) is 18.5 Å². The molecule has 0 saturated heterocycles. The second kappa shape index (κ2) is 6.38. The summed E-state index contributed by atoms with van der Waals surface area (Å²) in [6.07, 6.45) is 1.19. The summed E-state index contributed by atoms with van der Waals surface area (Å²) in [7, 11) is 2.13. The second-order valence-corrected chi connectivity index (χ2v) is 6.52. The number of benzene rings is 2. The largest absolute Gasteiger partial charge is 0.291 e. The normalized spacial score (nSPS) is 23.0. The van der Waals surface area contributed by atoms with Crippen molar-refractivity contribution in [2.75, 3.05) is 13.6 Å². The smallest absolute Gasteiger partial charge is 0.0602 e. The van der Waals surface area contributed by atoms with Gasteiger partial charge in [0, 0.05) is 17.9 Å². The zero-order chi connectivity index (χ0) is 15.4. The molecule has 0 unspecified atom stereocenters. The molecule has 1 nitrogen and oxygen atoms in total. The van der Waals surface area contributed by atoms with Gasteiger partial charge in [-0.25, -0.2) is 0 Å². The van der Waals surface area contributed by atoms with Crippen LogP contribution in [0.1, 0.15) is 24.5 Å². The molecular formula is C21H23N. The van der Waals surface area contributed by atoms with Crippen LogP contribution in [0.2, 0.25) is 0 Å². The average molecular weight is 289 g/mol. The highest BCUT2D eigenvalue weighted by Crippen LogP contribution is 2.53. The third-order valence-corrected chi connectivity index (χ3v) is 4.59. The van der Waals surface area contributed by atoms with E-state index in [0.717, 1.165) is 13.1 Å². The quantitative estimate of drug-likeness (QED) is 0.766. The van der Waals surface area contributed by atoms with E-state index in [1.807, 2.05) is 0 Å². The highest BCUT2D eigenvalue weighted by atomic mass is 15.1. The molecule has 2 atom stereocenters. The lowest BCUT2D eigenvalue weighted by Crippen LogP contribution is -2.17. The van der Waals surface area contributed by atoms with Gasteiger partial charge in [-0.05, 0) is 24.6 Å². The van der Waals surface area contributed by atoms with Crippen LogP contribution in [0.3, 0.4) is 0 Å². The Kier molecular flexibility index (Phi) is 4.32. The van der Waals surface area contributed by atoms with Gasteiger partial charge in [-0.15, -0.1) is 0 Å². The maximum atomic E-state index is 3.47. The van der Waals surface area contributed by atoms with Gasteiger partial charge >= 0.3 is 0 Å². The van der Waals surface area contributed by atoms with Crippen LogP contribution in [0.15, 0.2) is 60.7 Å². The Morgan fingerprint density at radius 3 is 2.36 bits per heavy atom. The van der Waals surface area contributed by atoms with Crippen molar-refractivity contribution in [1.82, 2.24) is 4.90 Å². The second-order valence-electron chi connectivity index (χ2n) is 6.52. The Balaban J connectivity index is 1.52. The minimum Gasteiger partial charge on any atom is -0.291 e. The Morgan fingerprint density at radius 2 is 1.68 bits per heavy atom. The molecule has 1 saturated carbocycles. The van der Waals surface area contributed by atoms with E-state index in [4.69, 9.17) is 0 Å². The molecule has 0 N–H and O–H groups in total. The maximum Gasteiger partial charge on any atom is 0.0602 e. The molecule has 0 spiro atoms. The number of rotatable bonds is 4. The summed E-state index contributed by atoms with van der Waals surface area (Å²) >= 11 is 0. The molecule has 0 aliphatic heterocycles. The summed E-state index contributed by atoms with van der Waals surface area (Å²) < 4.78 is 0. The summed E-state index contributed by atoms with van der Waals surface area (Å²) in [5, 5.41) is 0. The zero-order valence-corrected chi connectivity index (χ0v) is 13.4. The van der Waals surface area contributed by atoms with Crippen molar-refractivity contribution in [2.45, 2.75) is 25.3 Å². The molecule has 22 heavy (non-hydrogen) atoms. The molecule has 1 heteroatoms. The molecule has 0 bridgehead atoms. The molecule has 0 radical (unpaired) electrons. The standard InChI is InChI=1S/C21H23N/c1-21(19-12-7-4-8-13-19)16-20(21)14-9-15-22(2)17-18-10-5-3-6-11-18/h3-8,10-13,20H,15-17H2,1-2H3/t20-,21+/m1/s1. The predicted molar refractivity (Wildman–Crippen MR) is 92.5 cm³/mol.